The number of alkyl halides is 1. The Bertz CT molecular complexity index is 268. The van der Waals surface area contributed by atoms with Crippen LogP contribution in [0.4, 0.5) is 4.39 Å². The van der Waals surface area contributed by atoms with Gasteiger partial charge in [0.05, 0.1) is 0 Å². The Labute approximate surface area is 72.4 Å². The molecule has 2 heteroatoms. The number of aryl methyl sites for hydroxylation is 1. The van der Waals surface area contributed by atoms with E-state index in [0.29, 0.717) is 5.56 Å². The van der Waals surface area contributed by atoms with Gasteiger partial charge in [-0.15, -0.1) is 0 Å². The number of halogens is 1. The van der Waals surface area contributed by atoms with Gasteiger partial charge < -0.3 is 5.73 Å². The fourth-order valence-corrected chi connectivity index (χ4v) is 1.09. The highest BCUT2D eigenvalue weighted by molar-refractivity contribution is 5.27. The van der Waals surface area contributed by atoms with Crippen molar-refractivity contribution in [1.29, 1.82) is 0 Å². The van der Waals surface area contributed by atoms with Gasteiger partial charge in [0.2, 0.25) is 0 Å². The highest BCUT2D eigenvalue weighted by Gasteiger charge is 2.23. The molecule has 66 valence electrons. The first kappa shape index (κ1) is 9.20. The van der Waals surface area contributed by atoms with Crippen molar-refractivity contribution < 1.29 is 4.39 Å². The molecule has 0 radical (unpaired) electrons. The third-order valence-corrected chi connectivity index (χ3v) is 2.00. The second-order valence-corrected chi connectivity index (χ2v) is 3.27. The van der Waals surface area contributed by atoms with Crippen molar-refractivity contribution >= 4 is 0 Å². The molecule has 0 aliphatic heterocycles. The van der Waals surface area contributed by atoms with E-state index in [2.05, 4.69) is 0 Å². The van der Waals surface area contributed by atoms with Crippen LogP contribution in [0.15, 0.2) is 24.3 Å². The number of nitrogens with two attached hydrogens (primary N) is 1. The van der Waals surface area contributed by atoms with Crippen molar-refractivity contribution in [3.63, 3.8) is 0 Å². The predicted octanol–water partition coefficient (Wildman–Crippen LogP) is 2.14. The molecular formula is C10H14FN. The lowest BCUT2D eigenvalue weighted by Gasteiger charge is -2.18. The van der Waals surface area contributed by atoms with Crippen molar-refractivity contribution in [2.45, 2.75) is 19.5 Å². The van der Waals surface area contributed by atoms with Crippen molar-refractivity contribution in [3.8, 4) is 0 Å². The Hall–Kier alpha value is -0.890. The van der Waals surface area contributed by atoms with Gasteiger partial charge in [-0.1, -0.05) is 29.8 Å². The Balaban J connectivity index is 3.03. The molecule has 0 amide bonds. The van der Waals surface area contributed by atoms with Crippen molar-refractivity contribution in [2.75, 3.05) is 6.54 Å². The van der Waals surface area contributed by atoms with Crippen molar-refractivity contribution in [2.24, 2.45) is 5.73 Å². The van der Waals surface area contributed by atoms with Crippen LogP contribution in [-0.2, 0) is 5.67 Å². The number of benzene rings is 1. The number of hydrogen-bond donors (Lipinski definition) is 1. The molecule has 0 saturated carbocycles. The van der Waals surface area contributed by atoms with Gasteiger partial charge >= 0.3 is 0 Å². The minimum Gasteiger partial charge on any atom is -0.327 e. The molecule has 12 heavy (non-hydrogen) atoms. The standard InChI is InChI=1S/C10H14FN/c1-8-4-3-5-9(6-8)10(2,11)7-12/h3-6H,7,12H2,1-2H3/t10-/m0/s1. The van der Waals surface area contributed by atoms with Crippen LogP contribution in [0.5, 0.6) is 0 Å². The van der Waals surface area contributed by atoms with Gasteiger partial charge in [-0.3, -0.25) is 0 Å². The van der Waals surface area contributed by atoms with Crippen LogP contribution in [0.2, 0.25) is 0 Å². The molecule has 1 aromatic rings. The molecule has 1 atom stereocenters. The first-order valence-electron chi connectivity index (χ1n) is 4.02. The summed E-state index contributed by atoms with van der Waals surface area (Å²) in [5, 5.41) is 0. The van der Waals surface area contributed by atoms with Crippen molar-refractivity contribution in [1.82, 2.24) is 0 Å². The maximum atomic E-state index is 13.6. The molecule has 0 aromatic heterocycles. The molecular weight excluding hydrogens is 153 g/mol. The Kier molecular flexibility index (Phi) is 2.48. The van der Waals surface area contributed by atoms with E-state index < -0.39 is 5.67 Å². The number of rotatable bonds is 2. The maximum Gasteiger partial charge on any atom is 0.145 e. The van der Waals surface area contributed by atoms with Gasteiger partial charge in [-0.25, -0.2) is 4.39 Å². The molecule has 0 spiro atoms. The van der Waals surface area contributed by atoms with Crippen LogP contribution in [-0.4, -0.2) is 6.54 Å². The summed E-state index contributed by atoms with van der Waals surface area (Å²) in [5.74, 6) is 0. The summed E-state index contributed by atoms with van der Waals surface area (Å²) < 4.78 is 13.6. The third-order valence-electron chi connectivity index (χ3n) is 2.00. The predicted molar refractivity (Wildman–Crippen MR) is 48.7 cm³/mol. The zero-order chi connectivity index (χ0) is 9.19. The molecule has 1 nitrogen and oxygen atoms in total. The molecule has 0 aliphatic rings. The van der Waals surface area contributed by atoms with E-state index in [4.69, 9.17) is 5.73 Å². The zero-order valence-corrected chi connectivity index (χ0v) is 7.47. The highest BCUT2D eigenvalue weighted by atomic mass is 19.1. The monoisotopic (exact) mass is 167 g/mol. The quantitative estimate of drug-likeness (QED) is 0.717. The lowest BCUT2D eigenvalue weighted by Crippen LogP contribution is -2.26. The van der Waals surface area contributed by atoms with Gasteiger partial charge in [0.25, 0.3) is 0 Å². The maximum absolute atomic E-state index is 13.6. The van der Waals surface area contributed by atoms with E-state index in [9.17, 15) is 4.39 Å². The fourth-order valence-electron chi connectivity index (χ4n) is 1.09. The second-order valence-electron chi connectivity index (χ2n) is 3.27. The molecule has 0 fully saturated rings. The van der Waals surface area contributed by atoms with Crippen LogP contribution < -0.4 is 5.73 Å². The average Bonchev–Trinajstić information content (AvgIpc) is 2.05. The van der Waals surface area contributed by atoms with E-state index in [1.54, 1.807) is 6.07 Å². The molecule has 0 unspecified atom stereocenters. The fraction of sp³-hybridized carbons (Fsp3) is 0.400. The van der Waals surface area contributed by atoms with Gasteiger partial charge in [0, 0.05) is 6.54 Å². The molecule has 0 heterocycles. The van der Waals surface area contributed by atoms with E-state index in [1.807, 2.05) is 25.1 Å². The van der Waals surface area contributed by atoms with E-state index in [-0.39, 0.29) is 6.54 Å². The molecule has 0 aliphatic carbocycles. The molecule has 2 N–H and O–H groups in total. The summed E-state index contributed by atoms with van der Waals surface area (Å²) in [4.78, 5) is 0. The minimum atomic E-state index is -1.40. The van der Waals surface area contributed by atoms with Gasteiger partial charge in [0.15, 0.2) is 0 Å². The van der Waals surface area contributed by atoms with Crippen molar-refractivity contribution in [3.05, 3.63) is 35.4 Å². The van der Waals surface area contributed by atoms with Crippen LogP contribution in [0.1, 0.15) is 18.1 Å². The summed E-state index contributed by atoms with van der Waals surface area (Å²) in [6.07, 6.45) is 0. The summed E-state index contributed by atoms with van der Waals surface area (Å²) in [6, 6.07) is 7.38. The Morgan fingerprint density at radius 1 is 1.50 bits per heavy atom. The van der Waals surface area contributed by atoms with Crippen LogP contribution >= 0.6 is 0 Å². The van der Waals surface area contributed by atoms with E-state index in [1.165, 1.54) is 6.92 Å². The van der Waals surface area contributed by atoms with Gasteiger partial charge in [0.1, 0.15) is 5.67 Å². The Morgan fingerprint density at radius 2 is 2.17 bits per heavy atom. The molecule has 0 bridgehead atoms. The van der Waals surface area contributed by atoms with E-state index >= 15 is 0 Å². The summed E-state index contributed by atoms with van der Waals surface area (Å²) in [5.41, 5.74) is 5.63. The smallest absolute Gasteiger partial charge is 0.145 e. The highest BCUT2D eigenvalue weighted by Crippen LogP contribution is 2.24. The van der Waals surface area contributed by atoms with Crippen LogP contribution in [0.3, 0.4) is 0 Å². The van der Waals surface area contributed by atoms with Crippen LogP contribution in [0, 0.1) is 6.92 Å². The molecule has 0 saturated heterocycles. The molecule has 1 aromatic carbocycles. The second kappa shape index (κ2) is 3.23. The van der Waals surface area contributed by atoms with Crippen LogP contribution in [0.25, 0.3) is 0 Å². The normalized spacial score (nSPS) is 15.7. The van der Waals surface area contributed by atoms with Gasteiger partial charge in [-0.05, 0) is 19.4 Å². The number of hydrogen-bond acceptors (Lipinski definition) is 1. The first-order valence-corrected chi connectivity index (χ1v) is 4.02. The SMILES string of the molecule is Cc1cccc([C@@](C)(F)CN)c1. The lowest BCUT2D eigenvalue weighted by atomic mass is 9.97. The first-order chi connectivity index (χ1) is 5.56. The van der Waals surface area contributed by atoms with Gasteiger partial charge in [-0.2, -0.15) is 0 Å². The summed E-state index contributed by atoms with van der Waals surface area (Å²) in [6.45, 7) is 3.47. The molecule has 1 rings (SSSR count). The Morgan fingerprint density at radius 3 is 2.67 bits per heavy atom. The average molecular weight is 167 g/mol. The van der Waals surface area contributed by atoms with E-state index in [0.717, 1.165) is 5.56 Å². The summed E-state index contributed by atoms with van der Waals surface area (Å²) in [7, 11) is 0. The minimum absolute atomic E-state index is 0.0243. The topological polar surface area (TPSA) is 26.0 Å². The summed E-state index contributed by atoms with van der Waals surface area (Å²) >= 11 is 0. The zero-order valence-electron chi connectivity index (χ0n) is 7.47. The third kappa shape index (κ3) is 1.83. The largest absolute Gasteiger partial charge is 0.327 e. The lowest BCUT2D eigenvalue weighted by molar-refractivity contribution is 0.203.